The summed E-state index contributed by atoms with van der Waals surface area (Å²) in [4.78, 5) is 5.68. The molecule has 1 aliphatic rings. The van der Waals surface area contributed by atoms with Crippen LogP contribution in [0.15, 0.2) is 36.4 Å². The third-order valence-electron chi connectivity index (χ3n) is 5.43. The lowest BCUT2D eigenvalue weighted by Gasteiger charge is -2.25. The lowest BCUT2D eigenvalue weighted by molar-refractivity contribution is 0.266. The van der Waals surface area contributed by atoms with Crippen molar-refractivity contribution in [3.8, 4) is 0 Å². The molecule has 1 aromatic heterocycles. The number of halogens is 2. The Labute approximate surface area is 187 Å². The van der Waals surface area contributed by atoms with Crippen molar-refractivity contribution in [1.29, 1.82) is 0 Å². The minimum absolute atomic E-state index is 0. The summed E-state index contributed by atoms with van der Waals surface area (Å²) >= 11 is 6.24. The van der Waals surface area contributed by atoms with Crippen LogP contribution in [0.25, 0.3) is 15.6 Å². The monoisotopic (exact) mass is 443 g/mol. The first-order valence-electron chi connectivity index (χ1n) is 9.65. The van der Waals surface area contributed by atoms with Crippen LogP contribution in [0.2, 0.25) is 5.02 Å². The molecule has 0 bridgehead atoms. The minimum Gasteiger partial charge on any atom is -0.394 e. The third-order valence-corrected chi connectivity index (χ3v) is 5.84. The molecule has 0 saturated carbocycles. The van der Waals surface area contributed by atoms with Crippen molar-refractivity contribution >= 4 is 52.1 Å². The summed E-state index contributed by atoms with van der Waals surface area (Å²) in [7, 11) is 0. The van der Waals surface area contributed by atoms with Crippen molar-refractivity contribution in [1.82, 2.24) is 10.2 Å². The maximum absolute atomic E-state index is 9.71. The molecule has 0 spiro atoms. The maximum atomic E-state index is 9.71. The molecule has 3 aromatic rings. The van der Waals surface area contributed by atoms with Crippen molar-refractivity contribution in [2.24, 2.45) is 0 Å². The SMILES string of the molecule is Cl.[C-]#[N+]c1ccc2c(N3CCC[C@H]3CO)nnc(NCc3ccc(C)c(Cl)c3)c2c1. The van der Waals surface area contributed by atoms with Crippen LogP contribution in [0.5, 0.6) is 0 Å². The van der Waals surface area contributed by atoms with Crippen LogP contribution in [-0.2, 0) is 6.54 Å². The van der Waals surface area contributed by atoms with Crippen LogP contribution < -0.4 is 10.2 Å². The molecule has 1 atom stereocenters. The number of anilines is 2. The Morgan fingerprint density at radius 2 is 2.07 bits per heavy atom. The van der Waals surface area contributed by atoms with Crippen molar-refractivity contribution in [2.75, 3.05) is 23.4 Å². The van der Waals surface area contributed by atoms with E-state index < -0.39 is 0 Å². The number of benzene rings is 2. The fraction of sp³-hybridized carbons (Fsp3) is 0.318. The predicted octanol–water partition coefficient (Wildman–Crippen LogP) is 5.14. The molecule has 1 aliphatic heterocycles. The van der Waals surface area contributed by atoms with E-state index in [0.29, 0.717) is 18.1 Å². The van der Waals surface area contributed by atoms with Crippen LogP contribution in [0.1, 0.15) is 24.0 Å². The number of aliphatic hydroxyl groups excluding tert-OH is 1. The van der Waals surface area contributed by atoms with Crippen LogP contribution in [-0.4, -0.2) is 34.5 Å². The van der Waals surface area contributed by atoms with Crippen LogP contribution in [0.3, 0.4) is 0 Å². The number of hydrogen-bond acceptors (Lipinski definition) is 5. The molecule has 1 saturated heterocycles. The first-order chi connectivity index (χ1) is 14.1. The normalized spacial score (nSPS) is 15.7. The Balaban J connectivity index is 0.00000256. The average Bonchev–Trinajstić information content (AvgIpc) is 3.22. The van der Waals surface area contributed by atoms with Gasteiger partial charge in [-0.3, -0.25) is 0 Å². The second-order valence-electron chi connectivity index (χ2n) is 7.32. The molecule has 4 rings (SSSR count). The summed E-state index contributed by atoms with van der Waals surface area (Å²) in [5, 5.41) is 24.5. The van der Waals surface area contributed by atoms with Crippen LogP contribution >= 0.6 is 24.0 Å². The molecule has 0 amide bonds. The highest BCUT2D eigenvalue weighted by Gasteiger charge is 2.27. The van der Waals surface area contributed by atoms with E-state index in [4.69, 9.17) is 18.2 Å². The van der Waals surface area contributed by atoms with E-state index in [9.17, 15) is 5.11 Å². The van der Waals surface area contributed by atoms with Crippen molar-refractivity contribution in [3.63, 3.8) is 0 Å². The summed E-state index contributed by atoms with van der Waals surface area (Å²) < 4.78 is 0. The minimum atomic E-state index is 0. The Morgan fingerprint density at radius 1 is 1.23 bits per heavy atom. The number of nitrogens with zero attached hydrogens (tertiary/aromatic N) is 4. The van der Waals surface area contributed by atoms with Gasteiger partial charge < -0.3 is 15.3 Å². The number of nitrogens with one attached hydrogen (secondary N) is 1. The Morgan fingerprint density at radius 3 is 2.80 bits per heavy atom. The van der Waals surface area contributed by atoms with Crippen molar-refractivity contribution in [3.05, 3.63) is 64.0 Å². The number of hydrogen-bond donors (Lipinski definition) is 2. The number of aromatic nitrogens is 2. The molecule has 0 aliphatic carbocycles. The van der Waals surface area contributed by atoms with Gasteiger partial charge in [0.05, 0.1) is 19.2 Å². The molecule has 2 aromatic carbocycles. The Kier molecular flexibility index (Phi) is 6.99. The van der Waals surface area contributed by atoms with Gasteiger partial charge in [-0.2, -0.15) is 0 Å². The van der Waals surface area contributed by atoms with Gasteiger partial charge in [-0.15, -0.1) is 22.6 Å². The molecular weight excluding hydrogens is 421 g/mol. The zero-order chi connectivity index (χ0) is 20.4. The number of rotatable bonds is 5. The summed E-state index contributed by atoms with van der Waals surface area (Å²) in [6, 6.07) is 11.6. The van der Waals surface area contributed by atoms with E-state index in [-0.39, 0.29) is 25.1 Å². The van der Waals surface area contributed by atoms with E-state index in [1.807, 2.05) is 37.3 Å². The van der Waals surface area contributed by atoms with Gasteiger partial charge in [-0.1, -0.05) is 35.9 Å². The molecule has 0 unspecified atom stereocenters. The molecule has 2 N–H and O–H groups in total. The van der Waals surface area contributed by atoms with Crippen molar-refractivity contribution in [2.45, 2.75) is 32.4 Å². The Bertz CT molecular complexity index is 1100. The first-order valence-corrected chi connectivity index (χ1v) is 10.0. The third kappa shape index (κ3) is 4.29. The molecular formula is C22H23Cl2N5O. The highest BCUT2D eigenvalue weighted by Crippen LogP contribution is 2.35. The number of aryl methyl sites for hydroxylation is 1. The largest absolute Gasteiger partial charge is 0.394 e. The van der Waals surface area contributed by atoms with E-state index in [0.717, 1.165) is 52.1 Å². The van der Waals surface area contributed by atoms with Crippen LogP contribution in [0, 0.1) is 13.5 Å². The van der Waals surface area contributed by atoms with Gasteiger partial charge in [0.15, 0.2) is 17.3 Å². The fourth-order valence-electron chi connectivity index (χ4n) is 3.78. The molecule has 156 valence electrons. The zero-order valence-corrected chi connectivity index (χ0v) is 18.2. The summed E-state index contributed by atoms with van der Waals surface area (Å²) in [6.45, 7) is 10.8. The van der Waals surface area contributed by atoms with Gasteiger partial charge in [0.25, 0.3) is 0 Å². The smallest absolute Gasteiger partial charge is 0.188 e. The topological polar surface area (TPSA) is 65.6 Å². The summed E-state index contributed by atoms with van der Waals surface area (Å²) in [5.41, 5.74) is 2.63. The summed E-state index contributed by atoms with van der Waals surface area (Å²) in [5.74, 6) is 1.39. The highest BCUT2D eigenvalue weighted by molar-refractivity contribution is 6.31. The number of fused-ring (bicyclic) bond motifs is 1. The van der Waals surface area contributed by atoms with Gasteiger partial charge in [-0.25, -0.2) is 4.85 Å². The first kappa shape index (κ1) is 22.1. The molecule has 30 heavy (non-hydrogen) atoms. The molecule has 0 radical (unpaired) electrons. The lowest BCUT2D eigenvalue weighted by atomic mass is 10.1. The second kappa shape index (κ2) is 9.48. The van der Waals surface area contributed by atoms with Crippen molar-refractivity contribution < 1.29 is 5.11 Å². The number of aliphatic hydroxyl groups is 1. The van der Waals surface area contributed by atoms with Gasteiger partial charge in [0.1, 0.15) is 0 Å². The van der Waals surface area contributed by atoms with Crippen LogP contribution in [0.4, 0.5) is 17.3 Å². The van der Waals surface area contributed by atoms with E-state index in [1.165, 1.54) is 0 Å². The fourth-order valence-corrected chi connectivity index (χ4v) is 3.98. The molecule has 2 heterocycles. The average molecular weight is 444 g/mol. The van der Waals surface area contributed by atoms with E-state index in [1.54, 1.807) is 6.07 Å². The zero-order valence-electron chi connectivity index (χ0n) is 16.6. The second-order valence-corrected chi connectivity index (χ2v) is 7.73. The Hall–Kier alpha value is -2.59. The van der Waals surface area contributed by atoms with E-state index in [2.05, 4.69) is 25.3 Å². The van der Waals surface area contributed by atoms with Gasteiger partial charge in [0.2, 0.25) is 0 Å². The predicted molar refractivity (Wildman–Crippen MR) is 124 cm³/mol. The van der Waals surface area contributed by atoms with Gasteiger partial charge in [0, 0.05) is 28.9 Å². The lowest BCUT2D eigenvalue weighted by Crippen LogP contribution is -2.33. The molecule has 6 nitrogen and oxygen atoms in total. The quantitative estimate of drug-likeness (QED) is 0.534. The highest BCUT2D eigenvalue weighted by atomic mass is 35.5. The summed E-state index contributed by atoms with van der Waals surface area (Å²) in [6.07, 6.45) is 1.96. The van der Waals surface area contributed by atoms with Gasteiger partial charge in [-0.05, 0) is 43.0 Å². The standard InChI is InChI=1S/C22H22ClN5O.ClH/c1-14-5-6-15(10-20(14)23)12-25-21-19-11-16(24-2)7-8-18(19)22(27-26-21)28-9-3-4-17(28)13-29;/h5-8,10-11,17,29H,3-4,9,12-13H2,1H3,(H,25,26);1H/t17-;/m0./s1. The maximum Gasteiger partial charge on any atom is 0.188 e. The van der Waals surface area contributed by atoms with E-state index >= 15 is 0 Å². The molecule has 1 fully saturated rings. The van der Waals surface area contributed by atoms with Gasteiger partial charge >= 0.3 is 0 Å². The molecule has 8 heteroatoms.